The molecule has 0 aliphatic carbocycles. The summed E-state index contributed by atoms with van der Waals surface area (Å²) in [6, 6.07) is 14.8. The van der Waals surface area contributed by atoms with Crippen molar-refractivity contribution >= 4 is 10.8 Å². The number of rotatable bonds is 4. The number of hydrogen-bond donors (Lipinski definition) is 1. The third-order valence-electron chi connectivity index (χ3n) is 3.17. The zero-order valence-corrected chi connectivity index (χ0v) is 10.2. The van der Waals surface area contributed by atoms with Gasteiger partial charge in [-0.3, -0.25) is 0 Å². The van der Waals surface area contributed by atoms with Crippen LogP contribution in [0.3, 0.4) is 0 Å². The topological polar surface area (TPSA) is 20.2 Å². The molecule has 0 amide bonds. The van der Waals surface area contributed by atoms with Crippen molar-refractivity contribution in [3.8, 4) is 0 Å². The maximum absolute atomic E-state index is 9.88. The molecule has 17 heavy (non-hydrogen) atoms. The highest BCUT2D eigenvalue weighted by Gasteiger charge is 2.14. The Bertz CT molecular complexity index is 526. The van der Waals surface area contributed by atoms with Crippen LogP contribution >= 0.6 is 0 Å². The lowest BCUT2D eigenvalue weighted by Gasteiger charge is -2.18. The van der Waals surface area contributed by atoms with Crippen molar-refractivity contribution in [2.24, 2.45) is 0 Å². The van der Waals surface area contributed by atoms with E-state index >= 15 is 0 Å². The summed E-state index contributed by atoms with van der Waals surface area (Å²) in [5, 5.41) is 12.4. The van der Waals surface area contributed by atoms with Crippen molar-refractivity contribution < 1.29 is 5.11 Å². The Morgan fingerprint density at radius 2 is 1.88 bits per heavy atom. The highest BCUT2D eigenvalue weighted by Crippen LogP contribution is 2.19. The summed E-state index contributed by atoms with van der Waals surface area (Å²) in [7, 11) is 0. The van der Waals surface area contributed by atoms with E-state index in [2.05, 4.69) is 36.9 Å². The van der Waals surface area contributed by atoms with Gasteiger partial charge in [0, 0.05) is 0 Å². The van der Waals surface area contributed by atoms with Crippen LogP contribution < -0.4 is 0 Å². The Morgan fingerprint density at radius 1 is 1.18 bits per heavy atom. The zero-order chi connectivity index (χ0) is 12.3. The van der Waals surface area contributed by atoms with Gasteiger partial charge in [-0.15, -0.1) is 6.58 Å². The molecule has 2 aromatic carbocycles. The molecule has 0 bridgehead atoms. The van der Waals surface area contributed by atoms with Gasteiger partial charge >= 0.3 is 0 Å². The standard InChI is InChI=1S/C16H18O/c1-3-16(2,17)11-10-13-8-9-14-6-4-5-7-15(14)12-13/h3-9,12,17H,1,10-11H2,2H3. The molecule has 1 N–H and O–H groups in total. The van der Waals surface area contributed by atoms with Crippen LogP contribution in [0.2, 0.25) is 0 Å². The van der Waals surface area contributed by atoms with E-state index < -0.39 is 5.60 Å². The van der Waals surface area contributed by atoms with Crippen molar-refractivity contribution in [3.63, 3.8) is 0 Å². The Balaban J connectivity index is 2.17. The minimum Gasteiger partial charge on any atom is -0.386 e. The number of aliphatic hydroxyl groups is 1. The number of hydrogen-bond acceptors (Lipinski definition) is 1. The van der Waals surface area contributed by atoms with Gasteiger partial charge in [0.1, 0.15) is 0 Å². The molecule has 1 atom stereocenters. The quantitative estimate of drug-likeness (QED) is 0.788. The van der Waals surface area contributed by atoms with E-state index in [0.29, 0.717) is 6.42 Å². The summed E-state index contributed by atoms with van der Waals surface area (Å²) < 4.78 is 0. The molecule has 1 heteroatoms. The summed E-state index contributed by atoms with van der Waals surface area (Å²) in [4.78, 5) is 0. The van der Waals surface area contributed by atoms with Gasteiger partial charge < -0.3 is 5.11 Å². The molecule has 0 spiro atoms. The molecular formula is C16H18O. The first-order valence-corrected chi connectivity index (χ1v) is 5.94. The van der Waals surface area contributed by atoms with Gasteiger partial charge in [0.05, 0.1) is 5.60 Å². The minimum atomic E-state index is -0.772. The maximum atomic E-state index is 9.88. The fourth-order valence-electron chi connectivity index (χ4n) is 1.89. The van der Waals surface area contributed by atoms with Crippen LogP contribution in [0.4, 0.5) is 0 Å². The van der Waals surface area contributed by atoms with Crippen LogP contribution in [0.15, 0.2) is 55.1 Å². The average molecular weight is 226 g/mol. The van der Waals surface area contributed by atoms with Gasteiger partial charge in [0.25, 0.3) is 0 Å². The van der Waals surface area contributed by atoms with Crippen LogP contribution in [-0.2, 0) is 6.42 Å². The monoisotopic (exact) mass is 226 g/mol. The van der Waals surface area contributed by atoms with Crippen LogP contribution in [0.5, 0.6) is 0 Å². The molecule has 1 nitrogen and oxygen atoms in total. The predicted molar refractivity (Wildman–Crippen MR) is 73.1 cm³/mol. The molecule has 0 saturated heterocycles. The molecule has 2 rings (SSSR count). The third-order valence-corrected chi connectivity index (χ3v) is 3.17. The summed E-state index contributed by atoms with van der Waals surface area (Å²) in [6.45, 7) is 5.44. The summed E-state index contributed by atoms with van der Waals surface area (Å²) in [6.07, 6.45) is 3.17. The second-order valence-electron chi connectivity index (χ2n) is 4.74. The predicted octanol–water partition coefficient (Wildman–Crippen LogP) is 3.71. The largest absolute Gasteiger partial charge is 0.386 e. The molecule has 0 aliphatic rings. The third kappa shape index (κ3) is 2.95. The summed E-state index contributed by atoms with van der Waals surface area (Å²) in [5.74, 6) is 0. The van der Waals surface area contributed by atoms with Gasteiger partial charge in [0.2, 0.25) is 0 Å². The van der Waals surface area contributed by atoms with Crippen molar-refractivity contribution in [1.29, 1.82) is 0 Å². The van der Waals surface area contributed by atoms with E-state index in [1.54, 1.807) is 13.0 Å². The molecule has 0 aromatic heterocycles. The molecule has 1 unspecified atom stereocenters. The first-order valence-electron chi connectivity index (χ1n) is 5.94. The highest BCUT2D eigenvalue weighted by molar-refractivity contribution is 5.82. The minimum absolute atomic E-state index is 0.703. The van der Waals surface area contributed by atoms with Gasteiger partial charge in [-0.2, -0.15) is 0 Å². The van der Waals surface area contributed by atoms with Gasteiger partial charge in [-0.1, -0.05) is 48.5 Å². The van der Waals surface area contributed by atoms with Gasteiger partial charge in [0.15, 0.2) is 0 Å². The zero-order valence-electron chi connectivity index (χ0n) is 10.2. The number of benzene rings is 2. The van der Waals surface area contributed by atoms with E-state index in [9.17, 15) is 5.11 Å². The Labute approximate surface area is 102 Å². The second-order valence-corrected chi connectivity index (χ2v) is 4.74. The first kappa shape index (κ1) is 11.9. The van der Waals surface area contributed by atoms with Gasteiger partial charge in [-0.25, -0.2) is 0 Å². The Kier molecular flexibility index (Phi) is 3.30. The van der Waals surface area contributed by atoms with E-state index in [1.807, 2.05) is 12.1 Å². The number of fused-ring (bicyclic) bond motifs is 1. The van der Waals surface area contributed by atoms with Crippen LogP contribution in [0.1, 0.15) is 18.9 Å². The molecule has 88 valence electrons. The smallest absolute Gasteiger partial charge is 0.0800 e. The first-order chi connectivity index (χ1) is 8.11. The van der Waals surface area contributed by atoms with Crippen molar-refractivity contribution in [2.75, 3.05) is 0 Å². The normalized spacial score (nSPS) is 14.5. The molecule has 0 aliphatic heterocycles. The highest BCUT2D eigenvalue weighted by atomic mass is 16.3. The molecule has 0 saturated carbocycles. The van der Waals surface area contributed by atoms with Crippen molar-refractivity contribution in [1.82, 2.24) is 0 Å². The van der Waals surface area contributed by atoms with Crippen molar-refractivity contribution in [3.05, 3.63) is 60.7 Å². The maximum Gasteiger partial charge on any atom is 0.0800 e. The molecule has 0 heterocycles. The van der Waals surface area contributed by atoms with E-state index in [4.69, 9.17) is 0 Å². The average Bonchev–Trinajstić information content (AvgIpc) is 2.36. The molecule has 2 aromatic rings. The molecule has 0 radical (unpaired) electrons. The summed E-state index contributed by atoms with van der Waals surface area (Å²) in [5.41, 5.74) is 0.483. The molecular weight excluding hydrogens is 208 g/mol. The van der Waals surface area contributed by atoms with E-state index in [1.165, 1.54) is 16.3 Å². The van der Waals surface area contributed by atoms with E-state index in [0.717, 1.165) is 6.42 Å². The fraction of sp³-hybridized carbons (Fsp3) is 0.250. The summed E-state index contributed by atoms with van der Waals surface area (Å²) >= 11 is 0. The van der Waals surface area contributed by atoms with Crippen LogP contribution in [0.25, 0.3) is 10.8 Å². The second kappa shape index (κ2) is 4.72. The van der Waals surface area contributed by atoms with Crippen LogP contribution in [-0.4, -0.2) is 10.7 Å². The Hall–Kier alpha value is -1.60. The lowest BCUT2D eigenvalue weighted by atomic mass is 9.96. The number of aryl methyl sites for hydroxylation is 1. The van der Waals surface area contributed by atoms with E-state index in [-0.39, 0.29) is 0 Å². The lowest BCUT2D eigenvalue weighted by Crippen LogP contribution is -2.20. The lowest BCUT2D eigenvalue weighted by molar-refractivity contribution is 0.103. The van der Waals surface area contributed by atoms with Crippen molar-refractivity contribution in [2.45, 2.75) is 25.4 Å². The SMILES string of the molecule is C=CC(C)(O)CCc1ccc2ccccc2c1. The Morgan fingerprint density at radius 3 is 2.59 bits per heavy atom. The molecule has 0 fully saturated rings. The van der Waals surface area contributed by atoms with Gasteiger partial charge in [-0.05, 0) is 36.1 Å². The van der Waals surface area contributed by atoms with Crippen LogP contribution in [0, 0.1) is 0 Å². The fourth-order valence-corrected chi connectivity index (χ4v) is 1.89.